The molecule has 1 saturated carbocycles. The van der Waals surface area contributed by atoms with Gasteiger partial charge in [0.25, 0.3) is 0 Å². The molecule has 10 nitrogen and oxygen atoms in total. The summed E-state index contributed by atoms with van der Waals surface area (Å²) in [7, 11) is 0. The van der Waals surface area contributed by atoms with Crippen LogP contribution in [0.4, 0.5) is 30.8 Å². The van der Waals surface area contributed by atoms with Crippen molar-refractivity contribution in [1.82, 2.24) is 9.88 Å². The lowest BCUT2D eigenvalue weighted by Crippen LogP contribution is -2.43. The van der Waals surface area contributed by atoms with E-state index in [-0.39, 0.29) is 47.6 Å². The number of halogens is 2. The average Bonchev–Trinajstić information content (AvgIpc) is 3.75. The monoisotopic (exact) mass is 537 g/mol. The molecule has 4 amide bonds. The second-order valence-electron chi connectivity index (χ2n) is 9.19. The SMILES string of the molecule is NC(=O)C1(C(=O)N(c2ccc(F)cc2)c2ccc(Oc3ccnc(NC(=O)N4CCOCC4)c3)c(F)c2)CC1. The third-order valence-electron chi connectivity index (χ3n) is 6.59. The molecule has 2 fully saturated rings. The number of pyridine rings is 1. The van der Waals surface area contributed by atoms with Crippen molar-refractivity contribution in [2.24, 2.45) is 11.1 Å². The Morgan fingerprint density at radius 2 is 1.69 bits per heavy atom. The molecular formula is C27H25F2N5O5. The number of amides is 4. The van der Waals surface area contributed by atoms with Gasteiger partial charge >= 0.3 is 6.03 Å². The van der Waals surface area contributed by atoms with Crippen LogP contribution in [0.25, 0.3) is 0 Å². The maximum absolute atomic E-state index is 15.2. The Morgan fingerprint density at radius 1 is 1.00 bits per heavy atom. The number of carbonyl (C=O) groups is 3. The number of urea groups is 1. The van der Waals surface area contributed by atoms with Crippen LogP contribution < -0.4 is 20.7 Å². The van der Waals surface area contributed by atoms with Gasteiger partial charge in [0, 0.05) is 37.1 Å². The number of anilines is 3. The van der Waals surface area contributed by atoms with Crippen molar-refractivity contribution in [2.45, 2.75) is 12.8 Å². The fraction of sp³-hybridized carbons (Fsp3) is 0.259. The van der Waals surface area contributed by atoms with E-state index >= 15 is 4.39 Å². The van der Waals surface area contributed by atoms with Crippen LogP contribution in [0.3, 0.4) is 0 Å². The van der Waals surface area contributed by atoms with Crippen molar-refractivity contribution in [2.75, 3.05) is 36.5 Å². The Morgan fingerprint density at radius 3 is 2.33 bits per heavy atom. The summed E-state index contributed by atoms with van der Waals surface area (Å²) in [5.74, 6) is -2.43. The molecule has 1 aliphatic carbocycles. The molecule has 3 aromatic rings. The van der Waals surface area contributed by atoms with Crippen LogP contribution >= 0.6 is 0 Å². The molecule has 0 radical (unpaired) electrons. The van der Waals surface area contributed by atoms with Gasteiger partial charge in [-0.1, -0.05) is 0 Å². The highest BCUT2D eigenvalue weighted by Gasteiger charge is 2.57. The van der Waals surface area contributed by atoms with E-state index in [1.54, 1.807) is 4.90 Å². The summed E-state index contributed by atoms with van der Waals surface area (Å²) in [6, 6.07) is 11.5. The molecule has 2 heterocycles. The summed E-state index contributed by atoms with van der Waals surface area (Å²) in [5, 5.41) is 2.68. The van der Waals surface area contributed by atoms with E-state index in [2.05, 4.69) is 10.3 Å². The fourth-order valence-corrected chi connectivity index (χ4v) is 4.22. The van der Waals surface area contributed by atoms with Gasteiger partial charge in [-0.2, -0.15) is 0 Å². The van der Waals surface area contributed by atoms with Gasteiger partial charge in [0.15, 0.2) is 11.6 Å². The van der Waals surface area contributed by atoms with Gasteiger partial charge in [-0.25, -0.2) is 18.6 Å². The quantitative estimate of drug-likeness (QED) is 0.440. The number of nitrogens with two attached hydrogens (primary N) is 1. The molecule has 1 saturated heterocycles. The number of aromatic nitrogens is 1. The molecule has 12 heteroatoms. The number of morpholine rings is 1. The van der Waals surface area contributed by atoms with E-state index < -0.39 is 28.9 Å². The summed E-state index contributed by atoms with van der Waals surface area (Å²) in [6.45, 7) is 1.81. The maximum Gasteiger partial charge on any atom is 0.323 e. The molecule has 1 aromatic heterocycles. The van der Waals surface area contributed by atoms with Gasteiger partial charge in [0.05, 0.1) is 18.9 Å². The minimum absolute atomic E-state index is 0.108. The Labute approximate surface area is 222 Å². The number of benzene rings is 2. The van der Waals surface area contributed by atoms with Crippen molar-refractivity contribution in [3.63, 3.8) is 0 Å². The van der Waals surface area contributed by atoms with E-state index in [0.29, 0.717) is 26.3 Å². The first-order valence-electron chi connectivity index (χ1n) is 12.2. The molecule has 0 atom stereocenters. The normalized spacial score (nSPS) is 15.8. The molecule has 0 bridgehead atoms. The summed E-state index contributed by atoms with van der Waals surface area (Å²) >= 11 is 0. The number of hydrogen-bond donors (Lipinski definition) is 2. The number of primary amides is 1. The highest BCUT2D eigenvalue weighted by atomic mass is 19.1. The van der Waals surface area contributed by atoms with Crippen molar-refractivity contribution in [3.8, 4) is 11.5 Å². The van der Waals surface area contributed by atoms with E-state index in [0.717, 1.165) is 23.1 Å². The predicted octanol–water partition coefficient (Wildman–Crippen LogP) is 3.95. The third-order valence-corrected chi connectivity index (χ3v) is 6.59. The zero-order valence-corrected chi connectivity index (χ0v) is 20.7. The number of hydrogen-bond acceptors (Lipinski definition) is 6. The summed E-state index contributed by atoms with van der Waals surface area (Å²) in [5.41, 5.74) is 4.46. The van der Waals surface area contributed by atoms with E-state index in [4.69, 9.17) is 15.2 Å². The second kappa shape index (κ2) is 10.7. The number of ether oxygens (including phenoxy) is 2. The molecule has 0 spiro atoms. The van der Waals surface area contributed by atoms with Crippen LogP contribution in [0.1, 0.15) is 12.8 Å². The third kappa shape index (κ3) is 5.50. The minimum Gasteiger partial charge on any atom is -0.454 e. The van der Waals surface area contributed by atoms with Gasteiger partial charge in [-0.05, 0) is 55.3 Å². The first-order valence-corrected chi connectivity index (χ1v) is 12.2. The summed E-state index contributed by atoms with van der Waals surface area (Å²) < 4.78 is 39.7. The van der Waals surface area contributed by atoms with E-state index in [1.807, 2.05) is 0 Å². The van der Waals surface area contributed by atoms with Crippen molar-refractivity contribution in [1.29, 1.82) is 0 Å². The number of rotatable bonds is 7. The topological polar surface area (TPSA) is 127 Å². The van der Waals surface area contributed by atoms with Crippen LogP contribution in [0.15, 0.2) is 60.8 Å². The minimum atomic E-state index is -1.39. The Bertz CT molecular complexity index is 1410. The van der Waals surface area contributed by atoms with Crippen LogP contribution in [-0.4, -0.2) is 54.0 Å². The van der Waals surface area contributed by atoms with Gasteiger partial charge < -0.3 is 20.1 Å². The lowest BCUT2D eigenvalue weighted by molar-refractivity contribution is -0.133. The highest BCUT2D eigenvalue weighted by molar-refractivity contribution is 6.16. The van der Waals surface area contributed by atoms with Crippen LogP contribution in [0.5, 0.6) is 11.5 Å². The first-order chi connectivity index (χ1) is 18.8. The van der Waals surface area contributed by atoms with Crippen LogP contribution in [0.2, 0.25) is 0 Å². The second-order valence-corrected chi connectivity index (χ2v) is 9.19. The molecule has 5 rings (SSSR count). The molecule has 2 aromatic carbocycles. The molecule has 3 N–H and O–H groups in total. The fourth-order valence-electron chi connectivity index (χ4n) is 4.22. The summed E-state index contributed by atoms with van der Waals surface area (Å²) in [4.78, 5) is 44.7. The first kappa shape index (κ1) is 26.0. The molecule has 1 aliphatic heterocycles. The smallest absolute Gasteiger partial charge is 0.323 e. The Hall–Kier alpha value is -4.58. The van der Waals surface area contributed by atoms with Gasteiger partial charge in [0.1, 0.15) is 22.8 Å². The van der Waals surface area contributed by atoms with Gasteiger partial charge in [-0.15, -0.1) is 0 Å². The van der Waals surface area contributed by atoms with E-state index in [1.165, 1.54) is 42.6 Å². The highest BCUT2D eigenvalue weighted by Crippen LogP contribution is 2.49. The van der Waals surface area contributed by atoms with Crippen molar-refractivity contribution >= 4 is 35.0 Å². The standard InChI is InChI=1S/C27H25F2N5O5/c28-17-1-3-18(4-2-17)34(25(36)27(8-9-27)24(30)35)19-5-6-22(21(29)15-19)39-20-7-10-31-23(16-20)32-26(37)33-11-13-38-14-12-33/h1-7,10,15-16H,8-9,11-14H2,(H2,30,35)(H,31,32,37). The molecular weight excluding hydrogens is 512 g/mol. The predicted molar refractivity (Wildman–Crippen MR) is 137 cm³/mol. The lowest BCUT2D eigenvalue weighted by atomic mass is 10.0. The Kier molecular flexibility index (Phi) is 7.11. The Balaban J connectivity index is 1.37. The molecule has 39 heavy (non-hydrogen) atoms. The molecule has 2 aliphatic rings. The summed E-state index contributed by atoms with van der Waals surface area (Å²) in [6.07, 6.45) is 1.95. The van der Waals surface area contributed by atoms with Gasteiger partial charge in [-0.3, -0.25) is 19.8 Å². The number of carbonyl (C=O) groups excluding carboxylic acids is 3. The van der Waals surface area contributed by atoms with Crippen molar-refractivity contribution < 1.29 is 32.6 Å². The lowest BCUT2D eigenvalue weighted by Gasteiger charge is -2.27. The average molecular weight is 538 g/mol. The zero-order valence-electron chi connectivity index (χ0n) is 20.7. The van der Waals surface area contributed by atoms with Crippen molar-refractivity contribution in [3.05, 3.63) is 72.4 Å². The number of nitrogens with zero attached hydrogens (tertiary/aromatic N) is 3. The number of nitrogens with one attached hydrogen (secondary N) is 1. The molecule has 0 unspecified atom stereocenters. The van der Waals surface area contributed by atoms with Gasteiger partial charge in [0.2, 0.25) is 11.8 Å². The zero-order chi connectivity index (χ0) is 27.6. The van der Waals surface area contributed by atoms with E-state index in [9.17, 15) is 18.8 Å². The molecule has 202 valence electrons. The van der Waals surface area contributed by atoms with Crippen LogP contribution in [-0.2, 0) is 14.3 Å². The van der Waals surface area contributed by atoms with Crippen LogP contribution in [0, 0.1) is 17.0 Å². The largest absolute Gasteiger partial charge is 0.454 e. The maximum atomic E-state index is 15.2.